The number of ether oxygens (including phenoxy) is 2. The molecule has 1 amide bonds. The largest absolute Gasteiger partial charge is 0.497 e. The van der Waals surface area contributed by atoms with Crippen molar-refractivity contribution in [3.63, 3.8) is 0 Å². The normalized spacial score (nSPS) is 11.7. The fraction of sp³-hybridized carbons (Fsp3) is 0.190. The lowest BCUT2D eigenvalue weighted by atomic mass is 10.1. The second-order valence-electron chi connectivity index (χ2n) is 6.24. The average Bonchev–Trinajstić information content (AvgIpc) is 2.71. The molecule has 1 atom stereocenters. The number of esters is 1. The first-order chi connectivity index (χ1) is 13.9. The van der Waals surface area contributed by atoms with Crippen LogP contribution in [0.3, 0.4) is 0 Å². The van der Waals surface area contributed by atoms with Crippen molar-refractivity contribution in [1.82, 2.24) is 5.32 Å². The molecule has 7 nitrogen and oxygen atoms in total. The van der Waals surface area contributed by atoms with Gasteiger partial charge in [0.25, 0.3) is 5.91 Å². The summed E-state index contributed by atoms with van der Waals surface area (Å²) in [5.74, 6) is -0.607. The van der Waals surface area contributed by atoms with Gasteiger partial charge < -0.3 is 19.2 Å². The highest BCUT2D eigenvalue weighted by Gasteiger charge is 2.20. The molecule has 0 fully saturated rings. The van der Waals surface area contributed by atoms with E-state index >= 15 is 0 Å². The van der Waals surface area contributed by atoms with Crippen molar-refractivity contribution in [2.75, 3.05) is 7.11 Å². The van der Waals surface area contributed by atoms with Crippen molar-refractivity contribution in [1.29, 1.82) is 0 Å². The quantitative estimate of drug-likeness (QED) is 0.490. The van der Waals surface area contributed by atoms with Gasteiger partial charge >= 0.3 is 11.6 Å². The molecule has 1 unspecified atom stereocenters. The van der Waals surface area contributed by atoms with Crippen molar-refractivity contribution in [3.8, 4) is 5.75 Å². The van der Waals surface area contributed by atoms with Gasteiger partial charge in [0, 0.05) is 23.1 Å². The van der Waals surface area contributed by atoms with Crippen molar-refractivity contribution >= 4 is 34.4 Å². The van der Waals surface area contributed by atoms with Crippen molar-refractivity contribution in [2.45, 2.75) is 19.6 Å². The Morgan fingerprint density at radius 2 is 1.93 bits per heavy atom. The van der Waals surface area contributed by atoms with Crippen LogP contribution in [0.25, 0.3) is 11.0 Å². The predicted molar refractivity (Wildman–Crippen MR) is 107 cm³/mol. The third-order valence-corrected chi connectivity index (χ3v) is 4.56. The van der Waals surface area contributed by atoms with Crippen LogP contribution in [0.5, 0.6) is 5.75 Å². The molecule has 0 radical (unpaired) electrons. The first-order valence-electron chi connectivity index (χ1n) is 8.72. The van der Waals surface area contributed by atoms with E-state index in [1.807, 2.05) is 0 Å². The number of rotatable bonds is 6. The molecule has 8 heteroatoms. The molecule has 2 aromatic carbocycles. The van der Waals surface area contributed by atoms with E-state index in [0.717, 1.165) is 0 Å². The molecule has 0 aliphatic carbocycles. The monoisotopic (exact) mass is 415 g/mol. The van der Waals surface area contributed by atoms with Crippen molar-refractivity contribution in [2.24, 2.45) is 0 Å². The first kappa shape index (κ1) is 20.4. The molecule has 0 bridgehead atoms. The van der Waals surface area contributed by atoms with Gasteiger partial charge in [-0.3, -0.25) is 4.79 Å². The summed E-state index contributed by atoms with van der Waals surface area (Å²) < 4.78 is 15.6. The van der Waals surface area contributed by atoms with Gasteiger partial charge in [-0.05, 0) is 31.2 Å². The maximum atomic E-state index is 12.3. The second-order valence-corrected chi connectivity index (χ2v) is 6.64. The van der Waals surface area contributed by atoms with Crippen molar-refractivity contribution in [3.05, 3.63) is 75.1 Å². The number of benzene rings is 2. The maximum absolute atomic E-state index is 12.3. The van der Waals surface area contributed by atoms with E-state index in [1.165, 1.54) is 20.1 Å². The van der Waals surface area contributed by atoms with E-state index < -0.39 is 23.5 Å². The van der Waals surface area contributed by atoms with Gasteiger partial charge in [-0.1, -0.05) is 23.7 Å². The Balaban J connectivity index is 1.69. The topological polar surface area (TPSA) is 94.8 Å². The van der Waals surface area contributed by atoms with Gasteiger partial charge in [-0.25, -0.2) is 9.59 Å². The molecule has 150 valence electrons. The molecule has 0 saturated carbocycles. The number of carbonyl (C=O) groups is 2. The van der Waals surface area contributed by atoms with E-state index in [2.05, 4.69) is 5.32 Å². The lowest BCUT2D eigenvalue weighted by molar-refractivity contribution is -0.146. The summed E-state index contributed by atoms with van der Waals surface area (Å²) in [5, 5.41) is 3.44. The van der Waals surface area contributed by atoms with Gasteiger partial charge in [0.1, 0.15) is 24.0 Å². The molecule has 29 heavy (non-hydrogen) atoms. The Morgan fingerprint density at radius 3 is 2.66 bits per heavy atom. The van der Waals surface area contributed by atoms with Gasteiger partial charge in [0.15, 0.2) is 0 Å². The van der Waals surface area contributed by atoms with Crippen LogP contribution in [-0.4, -0.2) is 25.0 Å². The number of hydrogen-bond donors (Lipinski definition) is 1. The minimum absolute atomic E-state index is 0.153. The molecule has 1 aromatic heterocycles. The number of fused-ring (bicyclic) bond motifs is 1. The van der Waals surface area contributed by atoms with Gasteiger partial charge in [0.05, 0.1) is 17.7 Å². The van der Waals surface area contributed by atoms with E-state index in [9.17, 15) is 14.4 Å². The summed E-state index contributed by atoms with van der Waals surface area (Å²) in [4.78, 5) is 36.4. The highest BCUT2D eigenvalue weighted by atomic mass is 35.5. The summed E-state index contributed by atoms with van der Waals surface area (Å²) in [6.45, 7) is 1.35. The molecular weight excluding hydrogens is 398 g/mol. The maximum Gasteiger partial charge on any atom is 0.336 e. The fourth-order valence-corrected chi connectivity index (χ4v) is 2.93. The summed E-state index contributed by atoms with van der Waals surface area (Å²) in [7, 11) is 1.50. The minimum Gasteiger partial charge on any atom is -0.497 e. The number of amides is 1. The molecule has 3 aromatic rings. The summed E-state index contributed by atoms with van der Waals surface area (Å²) in [5.41, 5.74) is 0.492. The summed E-state index contributed by atoms with van der Waals surface area (Å²) in [6.07, 6.45) is 0. The van der Waals surface area contributed by atoms with Gasteiger partial charge in [0.2, 0.25) is 0 Å². The fourth-order valence-electron chi connectivity index (χ4n) is 2.71. The molecular formula is C21H18ClNO6. The minimum atomic E-state index is -0.912. The number of hydrogen-bond acceptors (Lipinski definition) is 6. The molecule has 0 aliphatic heterocycles. The zero-order chi connectivity index (χ0) is 21.0. The van der Waals surface area contributed by atoms with Crippen LogP contribution in [0, 0.1) is 0 Å². The molecule has 1 N–H and O–H groups in total. The van der Waals surface area contributed by atoms with Crippen LogP contribution in [0.1, 0.15) is 22.8 Å². The van der Waals surface area contributed by atoms with E-state index in [1.54, 1.807) is 42.5 Å². The van der Waals surface area contributed by atoms with Crippen LogP contribution >= 0.6 is 11.6 Å². The Bertz CT molecular complexity index is 1120. The lowest BCUT2D eigenvalue weighted by Crippen LogP contribution is -2.39. The second kappa shape index (κ2) is 8.79. The Labute approximate surface area is 171 Å². The molecule has 0 spiro atoms. The Kier molecular flexibility index (Phi) is 6.19. The lowest BCUT2D eigenvalue weighted by Gasteiger charge is -2.14. The van der Waals surface area contributed by atoms with Crippen LogP contribution in [0.4, 0.5) is 0 Å². The first-order valence-corrected chi connectivity index (χ1v) is 9.09. The zero-order valence-electron chi connectivity index (χ0n) is 15.7. The third-order valence-electron chi connectivity index (χ3n) is 4.23. The zero-order valence-corrected chi connectivity index (χ0v) is 16.5. The molecule has 0 aliphatic rings. The highest BCUT2D eigenvalue weighted by Crippen LogP contribution is 2.23. The van der Waals surface area contributed by atoms with Crippen LogP contribution < -0.4 is 15.7 Å². The van der Waals surface area contributed by atoms with E-state index in [0.29, 0.717) is 22.3 Å². The number of carbonyl (C=O) groups excluding carboxylic acids is 2. The number of methoxy groups -OCH3 is 1. The van der Waals surface area contributed by atoms with Gasteiger partial charge in [-0.2, -0.15) is 0 Å². The molecule has 3 rings (SSSR count). The Morgan fingerprint density at radius 1 is 1.17 bits per heavy atom. The highest BCUT2D eigenvalue weighted by molar-refractivity contribution is 6.33. The standard InChI is InChI=1S/C21H18ClNO6/c1-12(23-20(25)16-5-3-4-6-17(16)22)21(26)28-11-13-9-19(24)29-18-10-14(27-2)7-8-15(13)18/h3-10,12H,11H2,1-2H3,(H,23,25). The summed E-state index contributed by atoms with van der Waals surface area (Å²) >= 11 is 5.99. The number of nitrogens with one attached hydrogen (secondary N) is 1. The number of halogens is 1. The molecule has 0 saturated heterocycles. The summed E-state index contributed by atoms with van der Waals surface area (Å²) in [6, 6.07) is 11.9. The smallest absolute Gasteiger partial charge is 0.336 e. The molecule has 1 heterocycles. The predicted octanol–water partition coefficient (Wildman–Crippen LogP) is 3.32. The Hall–Kier alpha value is -3.32. The SMILES string of the molecule is COc1ccc2c(COC(=O)C(C)NC(=O)c3ccccc3Cl)cc(=O)oc2c1. The average molecular weight is 416 g/mol. The van der Waals surface area contributed by atoms with Crippen LogP contribution in [-0.2, 0) is 16.1 Å². The van der Waals surface area contributed by atoms with E-state index in [-0.39, 0.29) is 17.2 Å². The van der Waals surface area contributed by atoms with Crippen molar-refractivity contribution < 1.29 is 23.5 Å². The van der Waals surface area contributed by atoms with Gasteiger partial charge in [-0.15, -0.1) is 0 Å². The van der Waals surface area contributed by atoms with Crippen LogP contribution in [0.2, 0.25) is 5.02 Å². The third kappa shape index (κ3) is 4.75. The van der Waals surface area contributed by atoms with E-state index in [4.69, 9.17) is 25.5 Å². The van der Waals surface area contributed by atoms with Crippen LogP contribution in [0.15, 0.2) is 57.7 Å².